The molecule has 1 aromatic carbocycles. The lowest BCUT2D eigenvalue weighted by Gasteiger charge is -2.13. The second kappa shape index (κ2) is 12.8. The van der Waals surface area contributed by atoms with Crippen LogP contribution in [0.4, 0.5) is 5.69 Å². The van der Waals surface area contributed by atoms with Crippen LogP contribution in [0.1, 0.15) is 24.8 Å². The number of para-hydroxylation sites is 1. The van der Waals surface area contributed by atoms with Crippen molar-refractivity contribution in [2.24, 2.45) is 4.99 Å². The molecule has 146 valence electrons. The van der Waals surface area contributed by atoms with E-state index < -0.39 is 0 Å². The van der Waals surface area contributed by atoms with Crippen LogP contribution in [0.5, 0.6) is 0 Å². The Hall–Kier alpha value is -1.46. The van der Waals surface area contributed by atoms with E-state index in [2.05, 4.69) is 15.6 Å². The number of nitro benzene ring substituents is 1. The first-order chi connectivity index (χ1) is 12.2. The Balaban J connectivity index is 0.00000338. The maximum atomic E-state index is 11.0. The highest BCUT2D eigenvalue weighted by Gasteiger charge is 2.15. The molecule has 1 saturated heterocycles. The van der Waals surface area contributed by atoms with Gasteiger partial charge in [-0.2, -0.15) is 0 Å². The van der Waals surface area contributed by atoms with Gasteiger partial charge in [-0.05, 0) is 19.3 Å². The predicted molar refractivity (Wildman–Crippen MR) is 111 cm³/mol. The first-order valence-electron chi connectivity index (χ1n) is 8.57. The highest BCUT2D eigenvalue weighted by atomic mass is 127. The summed E-state index contributed by atoms with van der Waals surface area (Å²) in [5.41, 5.74) is 0.725. The summed E-state index contributed by atoms with van der Waals surface area (Å²) in [4.78, 5) is 14.8. The van der Waals surface area contributed by atoms with Gasteiger partial charge < -0.3 is 20.1 Å². The summed E-state index contributed by atoms with van der Waals surface area (Å²) in [6.45, 7) is 3.21. The number of halogens is 1. The molecule has 0 saturated carbocycles. The van der Waals surface area contributed by atoms with Crippen molar-refractivity contribution in [1.29, 1.82) is 0 Å². The maximum Gasteiger partial charge on any atom is 0.274 e. The number of hydrogen-bond acceptors (Lipinski definition) is 5. The maximum absolute atomic E-state index is 11.0. The summed E-state index contributed by atoms with van der Waals surface area (Å²) in [6, 6.07) is 6.67. The van der Waals surface area contributed by atoms with E-state index in [-0.39, 0.29) is 40.7 Å². The number of aliphatic imine (C=N–C) groups is 1. The van der Waals surface area contributed by atoms with E-state index >= 15 is 0 Å². The van der Waals surface area contributed by atoms with Crippen LogP contribution >= 0.6 is 24.0 Å². The molecule has 0 spiro atoms. The number of guanidine groups is 1. The Labute approximate surface area is 170 Å². The van der Waals surface area contributed by atoms with Gasteiger partial charge in [-0.3, -0.25) is 15.1 Å². The standard InChI is InChI=1S/C17H26N4O4.HI/c1-18-17(19-9-5-10-24-13-15-7-4-11-25-15)20-12-14-6-2-3-8-16(14)21(22)23;/h2-3,6,8,15H,4-5,7,9-13H2,1H3,(H2,18,19,20);1H. The third-order valence-electron chi connectivity index (χ3n) is 3.94. The van der Waals surface area contributed by atoms with Crippen molar-refractivity contribution < 1.29 is 14.4 Å². The fraction of sp³-hybridized carbons (Fsp3) is 0.588. The Morgan fingerprint density at radius 1 is 1.42 bits per heavy atom. The van der Waals surface area contributed by atoms with Crippen molar-refractivity contribution in [3.05, 3.63) is 39.9 Å². The average Bonchev–Trinajstić information content (AvgIpc) is 3.14. The second-order valence-electron chi connectivity index (χ2n) is 5.80. The van der Waals surface area contributed by atoms with Gasteiger partial charge in [0.05, 0.1) is 17.6 Å². The molecular weight excluding hydrogens is 451 g/mol. The van der Waals surface area contributed by atoms with Crippen molar-refractivity contribution in [1.82, 2.24) is 10.6 Å². The van der Waals surface area contributed by atoms with Crippen LogP contribution in [0, 0.1) is 10.1 Å². The van der Waals surface area contributed by atoms with Crippen LogP contribution < -0.4 is 10.6 Å². The van der Waals surface area contributed by atoms with Crippen LogP contribution in [-0.2, 0) is 16.0 Å². The summed E-state index contributed by atoms with van der Waals surface area (Å²) >= 11 is 0. The lowest BCUT2D eigenvalue weighted by molar-refractivity contribution is -0.385. The molecule has 1 atom stereocenters. The van der Waals surface area contributed by atoms with Crippen LogP contribution in [0.25, 0.3) is 0 Å². The number of hydrogen-bond donors (Lipinski definition) is 2. The van der Waals surface area contributed by atoms with Crippen LogP contribution in [-0.4, -0.2) is 50.4 Å². The number of nitrogens with zero attached hydrogens (tertiary/aromatic N) is 2. The minimum atomic E-state index is -0.376. The third-order valence-corrected chi connectivity index (χ3v) is 3.94. The molecule has 9 heteroatoms. The van der Waals surface area contributed by atoms with Gasteiger partial charge in [0.2, 0.25) is 0 Å². The van der Waals surface area contributed by atoms with Crippen molar-refractivity contribution in [3.8, 4) is 0 Å². The lowest BCUT2D eigenvalue weighted by atomic mass is 10.2. The number of rotatable bonds is 9. The highest BCUT2D eigenvalue weighted by Crippen LogP contribution is 2.17. The Morgan fingerprint density at radius 3 is 2.92 bits per heavy atom. The van der Waals surface area contributed by atoms with E-state index in [0.717, 1.165) is 25.9 Å². The SMILES string of the molecule is CN=C(NCCCOCC1CCCO1)NCc1ccccc1[N+](=O)[O-].I. The van der Waals surface area contributed by atoms with Crippen LogP contribution in [0.2, 0.25) is 0 Å². The van der Waals surface area contributed by atoms with Gasteiger partial charge in [0.25, 0.3) is 5.69 Å². The summed E-state index contributed by atoms with van der Waals surface area (Å²) < 4.78 is 11.1. The summed E-state index contributed by atoms with van der Waals surface area (Å²) in [5, 5.41) is 17.3. The zero-order chi connectivity index (χ0) is 17.9. The van der Waals surface area contributed by atoms with E-state index in [1.165, 1.54) is 6.07 Å². The molecule has 1 fully saturated rings. The van der Waals surface area contributed by atoms with Gasteiger partial charge in [0.15, 0.2) is 5.96 Å². The minimum Gasteiger partial charge on any atom is -0.379 e. The molecule has 0 amide bonds. The average molecular weight is 478 g/mol. The molecule has 1 aliphatic rings. The zero-order valence-electron chi connectivity index (χ0n) is 15.0. The van der Waals surface area contributed by atoms with Gasteiger partial charge in [-0.15, -0.1) is 24.0 Å². The van der Waals surface area contributed by atoms with Gasteiger partial charge in [-0.25, -0.2) is 0 Å². The van der Waals surface area contributed by atoms with E-state index in [4.69, 9.17) is 9.47 Å². The molecule has 1 heterocycles. The normalized spacial score (nSPS) is 16.8. The molecule has 2 N–H and O–H groups in total. The van der Waals surface area contributed by atoms with Gasteiger partial charge in [0, 0.05) is 45.0 Å². The largest absolute Gasteiger partial charge is 0.379 e. The first-order valence-corrected chi connectivity index (χ1v) is 8.57. The molecule has 1 unspecified atom stereocenters. The highest BCUT2D eigenvalue weighted by molar-refractivity contribution is 14.0. The van der Waals surface area contributed by atoms with Gasteiger partial charge >= 0.3 is 0 Å². The van der Waals surface area contributed by atoms with E-state index in [1.807, 2.05) is 0 Å². The predicted octanol–water partition coefficient (Wildman–Crippen LogP) is 2.46. The molecule has 26 heavy (non-hydrogen) atoms. The van der Waals surface area contributed by atoms with Crippen molar-refractivity contribution in [2.75, 3.05) is 33.4 Å². The molecule has 2 rings (SSSR count). The molecule has 8 nitrogen and oxygen atoms in total. The molecule has 0 bridgehead atoms. The van der Waals surface area contributed by atoms with Crippen molar-refractivity contribution in [2.45, 2.75) is 31.9 Å². The molecule has 0 radical (unpaired) electrons. The smallest absolute Gasteiger partial charge is 0.274 e. The minimum absolute atomic E-state index is 0. The number of nitro groups is 1. The third kappa shape index (κ3) is 7.83. The van der Waals surface area contributed by atoms with E-state index in [9.17, 15) is 10.1 Å². The van der Waals surface area contributed by atoms with Crippen molar-refractivity contribution in [3.63, 3.8) is 0 Å². The fourth-order valence-electron chi connectivity index (χ4n) is 2.61. The van der Waals surface area contributed by atoms with Crippen LogP contribution in [0.15, 0.2) is 29.3 Å². The number of benzene rings is 1. The molecular formula is C17H27IN4O4. The quantitative estimate of drug-likeness (QED) is 0.141. The Bertz CT molecular complexity index is 580. The Kier molecular flexibility index (Phi) is 11.1. The van der Waals surface area contributed by atoms with Gasteiger partial charge in [-0.1, -0.05) is 18.2 Å². The van der Waals surface area contributed by atoms with Gasteiger partial charge in [0.1, 0.15) is 0 Å². The summed E-state index contributed by atoms with van der Waals surface area (Å²) in [5.74, 6) is 0.609. The van der Waals surface area contributed by atoms with E-state index in [0.29, 0.717) is 37.8 Å². The van der Waals surface area contributed by atoms with E-state index in [1.54, 1.807) is 25.2 Å². The summed E-state index contributed by atoms with van der Waals surface area (Å²) in [7, 11) is 1.67. The molecule has 1 aromatic rings. The Morgan fingerprint density at radius 2 is 2.23 bits per heavy atom. The summed E-state index contributed by atoms with van der Waals surface area (Å²) in [6.07, 6.45) is 3.31. The fourth-order valence-corrected chi connectivity index (χ4v) is 2.61. The lowest BCUT2D eigenvalue weighted by Crippen LogP contribution is -2.37. The molecule has 1 aliphatic heterocycles. The van der Waals surface area contributed by atoms with Crippen molar-refractivity contribution >= 4 is 35.6 Å². The van der Waals surface area contributed by atoms with Crippen LogP contribution in [0.3, 0.4) is 0 Å². The monoisotopic (exact) mass is 478 g/mol. The molecule has 0 aromatic heterocycles. The second-order valence-corrected chi connectivity index (χ2v) is 5.80. The first kappa shape index (κ1) is 22.6. The topological polar surface area (TPSA) is 98.0 Å². The molecule has 0 aliphatic carbocycles. The number of ether oxygens (including phenoxy) is 2. The number of nitrogens with one attached hydrogen (secondary N) is 2. The zero-order valence-corrected chi connectivity index (χ0v) is 17.3.